The summed E-state index contributed by atoms with van der Waals surface area (Å²) in [6, 6.07) is 6.91. The molecular formula is C13H20ClNO. The van der Waals surface area contributed by atoms with Crippen molar-refractivity contribution in [2.24, 2.45) is 0 Å². The largest absolute Gasteiger partial charge is 0.497 e. The Morgan fingerprint density at radius 1 is 1.31 bits per heavy atom. The van der Waals surface area contributed by atoms with Crippen LogP contribution in [0.15, 0.2) is 18.2 Å². The van der Waals surface area contributed by atoms with Gasteiger partial charge in [-0.1, -0.05) is 12.5 Å². The number of methoxy groups -OCH3 is 1. The minimum atomic E-state index is 0. The number of aryl methyl sites for hydroxylation is 1. The summed E-state index contributed by atoms with van der Waals surface area (Å²) in [7, 11) is 1.72. The van der Waals surface area contributed by atoms with Crippen LogP contribution in [0.25, 0.3) is 0 Å². The first-order valence-electron chi connectivity index (χ1n) is 5.69. The summed E-state index contributed by atoms with van der Waals surface area (Å²) in [5.74, 6) is 0.951. The van der Waals surface area contributed by atoms with E-state index in [9.17, 15) is 0 Å². The van der Waals surface area contributed by atoms with E-state index in [1.807, 2.05) is 0 Å². The molecule has 0 saturated carbocycles. The highest BCUT2D eigenvalue weighted by Crippen LogP contribution is 2.27. The second kappa shape index (κ2) is 6.12. The first kappa shape index (κ1) is 13.3. The van der Waals surface area contributed by atoms with E-state index in [0.29, 0.717) is 6.04 Å². The van der Waals surface area contributed by atoms with Gasteiger partial charge in [0.25, 0.3) is 0 Å². The summed E-state index contributed by atoms with van der Waals surface area (Å²) in [5.41, 5.74) is 2.75. The van der Waals surface area contributed by atoms with Crippen LogP contribution in [0.4, 0.5) is 0 Å². The van der Waals surface area contributed by atoms with Crippen LogP contribution in [0.1, 0.15) is 36.4 Å². The molecule has 16 heavy (non-hydrogen) atoms. The van der Waals surface area contributed by atoms with Crippen LogP contribution in [-0.2, 0) is 0 Å². The van der Waals surface area contributed by atoms with Crippen LogP contribution < -0.4 is 10.1 Å². The Morgan fingerprint density at radius 2 is 2.12 bits per heavy atom. The SMILES string of the molecule is COc1ccc([C@@H]2CCCCN2)c(C)c1.Cl. The van der Waals surface area contributed by atoms with Gasteiger partial charge >= 0.3 is 0 Å². The van der Waals surface area contributed by atoms with E-state index in [-0.39, 0.29) is 12.4 Å². The molecule has 0 aromatic heterocycles. The van der Waals surface area contributed by atoms with Crippen molar-refractivity contribution in [3.8, 4) is 5.75 Å². The lowest BCUT2D eigenvalue weighted by molar-refractivity contribution is 0.404. The molecule has 1 aromatic carbocycles. The van der Waals surface area contributed by atoms with Gasteiger partial charge in [-0.2, -0.15) is 0 Å². The zero-order chi connectivity index (χ0) is 10.7. The predicted octanol–water partition coefficient (Wildman–Crippen LogP) is 3.24. The molecule has 0 aliphatic carbocycles. The Morgan fingerprint density at radius 3 is 2.69 bits per heavy atom. The molecule has 1 saturated heterocycles. The molecule has 0 amide bonds. The fourth-order valence-corrected chi connectivity index (χ4v) is 2.28. The Labute approximate surface area is 104 Å². The topological polar surface area (TPSA) is 21.3 Å². The molecule has 1 aliphatic heterocycles. The predicted molar refractivity (Wildman–Crippen MR) is 69.6 cm³/mol. The standard InChI is InChI=1S/C13H19NO.ClH/c1-10-9-11(15-2)6-7-12(10)13-5-3-4-8-14-13;/h6-7,9,13-14H,3-5,8H2,1-2H3;1H/t13-;/m0./s1. The van der Waals surface area contributed by atoms with Crippen molar-refractivity contribution in [3.05, 3.63) is 29.3 Å². The molecule has 1 atom stereocenters. The second-order valence-electron chi connectivity index (χ2n) is 4.23. The number of nitrogens with one attached hydrogen (secondary N) is 1. The van der Waals surface area contributed by atoms with Crippen molar-refractivity contribution in [1.29, 1.82) is 0 Å². The molecule has 2 nitrogen and oxygen atoms in total. The third kappa shape index (κ3) is 2.89. The zero-order valence-corrected chi connectivity index (χ0v) is 10.8. The van der Waals surface area contributed by atoms with E-state index in [1.165, 1.54) is 30.4 Å². The maximum Gasteiger partial charge on any atom is 0.119 e. The number of halogens is 1. The van der Waals surface area contributed by atoms with Crippen LogP contribution in [0.5, 0.6) is 5.75 Å². The Balaban J connectivity index is 0.00000128. The quantitative estimate of drug-likeness (QED) is 0.859. The molecule has 1 N–H and O–H groups in total. The first-order valence-corrected chi connectivity index (χ1v) is 5.69. The van der Waals surface area contributed by atoms with Crippen LogP contribution in [0.3, 0.4) is 0 Å². The number of hydrogen-bond acceptors (Lipinski definition) is 2. The molecule has 1 heterocycles. The summed E-state index contributed by atoms with van der Waals surface area (Å²) in [6.07, 6.45) is 3.90. The second-order valence-corrected chi connectivity index (χ2v) is 4.23. The van der Waals surface area contributed by atoms with E-state index in [1.54, 1.807) is 7.11 Å². The van der Waals surface area contributed by atoms with E-state index in [4.69, 9.17) is 4.74 Å². The maximum atomic E-state index is 5.22. The van der Waals surface area contributed by atoms with E-state index < -0.39 is 0 Å². The van der Waals surface area contributed by atoms with Gasteiger partial charge in [0.2, 0.25) is 0 Å². The van der Waals surface area contributed by atoms with Crippen molar-refractivity contribution in [2.45, 2.75) is 32.2 Å². The highest BCUT2D eigenvalue weighted by Gasteiger charge is 2.16. The molecule has 90 valence electrons. The van der Waals surface area contributed by atoms with E-state index in [0.717, 1.165) is 12.3 Å². The van der Waals surface area contributed by atoms with Gasteiger partial charge in [-0.3, -0.25) is 0 Å². The van der Waals surface area contributed by atoms with Gasteiger partial charge in [0.05, 0.1) is 7.11 Å². The normalized spacial score (nSPS) is 20.0. The monoisotopic (exact) mass is 241 g/mol. The minimum Gasteiger partial charge on any atom is -0.497 e. The molecule has 1 fully saturated rings. The van der Waals surface area contributed by atoms with Gasteiger partial charge in [-0.05, 0) is 49.6 Å². The molecule has 0 bridgehead atoms. The molecule has 1 aliphatic rings. The van der Waals surface area contributed by atoms with Gasteiger partial charge in [-0.15, -0.1) is 12.4 Å². The Kier molecular flexibility index (Phi) is 5.10. The number of hydrogen-bond donors (Lipinski definition) is 1. The minimum absolute atomic E-state index is 0. The molecule has 0 radical (unpaired) electrons. The lowest BCUT2D eigenvalue weighted by atomic mass is 9.94. The van der Waals surface area contributed by atoms with Crippen LogP contribution >= 0.6 is 12.4 Å². The number of benzene rings is 1. The Bertz CT molecular complexity index is 335. The van der Waals surface area contributed by atoms with E-state index in [2.05, 4.69) is 30.4 Å². The van der Waals surface area contributed by atoms with Crippen LogP contribution in [0.2, 0.25) is 0 Å². The highest BCUT2D eigenvalue weighted by atomic mass is 35.5. The van der Waals surface area contributed by atoms with Gasteiger partial charge in [-0.25, -0.2) is 0 Å². The van der Waals surface area contributed by atoms with Crippen molar-refractivity contribution >= 4 is 12.4 Å². The number of ether oxygens (including phenoxy) is 1. The van der Waals surface area contributed by atoms with Gasteiger partial charge in [0.15, 0.2) is 0 Å². The van der Waals surface area contributed by atoms with Gasteiger partial charge in [0, 0.05) is 6.04 Å². The average Bonchev–Trinajstić information content (AvgIpc) is 2.30. The highest BCUT2D eigenvalue weighted by molar-refractivity contribution is 5.85. The van der Waals surface area contributed by atoms with Crippen LogP contribution in [-0.4, -0.2) is 13.7 Å². The van der Waals surface area contributed by atoms with Crippen molar-refractivity contribution < 1.29 is 4.74 Å². The molecule has 0 unspecified atom stereocenters. The lowest BCUT2D eigenvalue weighted by Crippen LogP contribution is -2.27. The Hall–Kier alpha value is -0.730. The fourth-order valence-electron chi connectivity index (χ4n) is 2.28. The zero-order valence-electron chi connectivity index (χ0n) is 9.95. The number of rotatable bonds is 2. The fraction of sp³-hybridized carbons (Fsp3) is 0.538. The smallest absolute Gasteiger partial charge is 0.119 e. The van der Waals surface area contributed by atoms with E-state index >= 15 is 0 Å². The molecule has 2 rings (SSSR count). The maximum absolute atomic E-state index is 5.22. The third-order valence-electron chi connectivity index (χ3n) is 3.16. The summed E-state index contributed by atoms with van der Waals surface area (Å²) in [5, 5.41) is 3.57. The summed E-state index contributed by atoms with van der Waals surface area (Å²) < 4.78 is 5.22. The van der Waals surface area contributed by atoms with Crippen LogP contribution in [0, 0.1) is 6.92 Å². The average molecular weight is 242 g/mol. The summed E-state index contributed by atoms with van der Waals surface area (Å²) in [6.45, 7) is 3.31. The van der Waals surface area contributed by atoms with Crippen molar-refractivity contribution in [1.82, 2.24) is 5.32 Å². The van der Waals surface area contributed by atoms with Crippen molar-refractivity contribution in [2.75, 3.05) is 13.7 Å². The third-order valence-corrected chi connectivity index (χ3v) is 3.16. The lowest BCUT2D eigenvalue weighted by Gasteiger charge is -2.25. The van der Waals surface area contributed by atoms with Gasteiger partial charge < -0.3 is 10.1 Å². The molecule has 3 heteroatoms. The molecule has 1 aromatic rings. The van der Waals surface area contributed by atoms with Gasteiger partial charge in [0.1, 0.15) is 5.75 Å². The summed E-state index contributed by atoms with van der Waals surface area (Å²) >= 11 is 0. The number of piperidine rings is 1. The first-order chi connectivity index (χ1) is 7.31. The molecule has 0 spiro atoms. The summed E-state index contributed by atoms with van der Waals surface area (Å²) in [4.78, 5) is 0. The van der Waals surface area contributed by atoms with Crippen molar-refractivity contribution in [3.63, 3.8) is 0 Å². The molecular weight excluding hydrogens is 222 g/mol.